The van der Waals surface area contributed by atoms with Gasteiger partial charge in [-0.3, -0.25) is 0 Å². The number of nitrogens with one attached hydrogen (secondary N) is 1. The Balaban J connectivity index is 2.36. The zero-order valence-corrected chi connectivity index (χ0v) is 14.9. The second-order valence-corrected chi connectivity index (χ2v) is 7.49. The largest absolute Gasteiger partial charge is 0.364 e. The molecule has 1 fully saturated rings. The summed E-state index contributed by atoms with van der Waals surface area (Å²) in [4.78, 5) is 2.46. The van der Waals surface area contributed by atoms with Crippen LogP contribution in [0.25, 0.3) is 0 Å². The van der Waals surface area contributed by atoms with Crippen LogP contribution in [0.15, 0.2) is 18.2 Å². The first-order valence-electron chi connectivity index (χ1n) is 7.33. The van der Waals surface area contributed by atoms with E-state index in [4.69, 9.17) is 0 Å². The molecule has 20 heavy (non-hydrogen) atoms. The molecule has 0 bridgehead atoms. The maximum atomic E-state index is 13.4. The minimum atomic E-state index is -0.160. The van der Waals surface area contributed by atoms with Crippen molar-refractivity contribution in [3.8, 4) is 0 Å². The topological polar surface area (TPSA) is 15.3 Å². The van der Waals surface area contributed by atoms with Crippen LogP contribution in [0.2, 0.25) is 0 Å². The van der Waals surface area contributed by atoms with Gasteiger partial charge in [-0.2, -0.15) is 0 Å². The number of rotatable bonds is 3. The Morgan fingerprint density at radius 2 is 2.20 bits per heavy atom. The Kier molecular flexibility index (Phi) is 4.95. The number of anilines is 1. The van der Waals surface area contributed by atoms with Crippen LogP contribution >= 0.6 is 22.6 Å². The molecule has 1 aliphatic rings. The monoisotopic (exact) mass is 390 g/mol. The molecule has 4 heteroatoms. The molecule has 0 spiro atoms. The number of hydrogen-bond acceptors (Lipinski definition) is 2. The van der Waals surface area contributed by atoms with Crippen molar-refractivity contribution in [2.45, 2.75) is 45.7 Å². The number of nitrogens with zero attached hydrogens (tertiary/aromatic N) is 1. The maximum Gasteiger partial charge on any atom is 0.124 e. The summed E-state index contributed by atoms with van der Waals surface area (Å²) in [6.07, 6.45) is 1.09. The van der Waals surface area contributed by atoms with E-state index in [0.717, 1.165) is 28.8 Å². The van der Waals surface area contributed by atoms with Crippen LogP contribution in [0.3, 0.4) is 0 Å². The van der Waals surface area contributed by atoms with Gasteiger partial charge in [-0.15, -0.1) is 0 Å². The molecule has 112 valence electrons. The van der Waals surface area contributed by atoms with Gasteiger partial charge in [-0.1, -0.05) is 20.8 Å². The molecule has 0 radical (unpaired) electrons. The van der Waals surface area contributed by atoms with Crippen molar-refractivity contribution >= 4 is 28.3 Å². The highest BCUT2D eigenvalue weighted by molar-refractivity contribution is 14.1. The fourth-order valence-electron chi connectivity index (χ4n) is 2.82. The first kappa shape index (κ1) is 16.0. The molecular weight excluding hydrogens is 366 g/mol. The predicted octanol–water partition coefficient (Wildman–Crippen LogP) is 4.03. The summed E-state index contributed by atoms with van der Waals surface area (Å²) < 4.78 is 14.3. The van der Waals surface area contributed by atoms with E-state index in [9.17, 15) is 4.39 Å². The smallest absolute Gasteiger partial charge is 0.124 e. The molecule has 1 aromatic carbocycles. The molecule has 2 rings (SSSR count). The van der Waals surface area contributed by atoms with E-state index >= 15 is 0 Å². The summed E-state index contributed by atoms with van der Waals surface area (Å²) >= 11 is 2.24. The summed E-state index contributed by atoms with van der Waals surface area (Å²) in [5, 5.41) is 3.69. The van der Waals surface area contributed by atoms with Crippen molar-refractivity contribution < 1.29 is 4.39 Å². The Hall–Kier alpha value is -0.360. The van der Waals surface area contributed by atoms with E-state index < -0.39 is 0 Å². The fraction of sp³-hybridized carbons (Fsp3) is 0.625. The molecule has 1 N–H and O–H groups in total. The lowest BCUT2D eigenvalue weighted by Gasteiger charge is -2.49. The average molecular weight is 390 g/mol. The van der Waals surface area contributed by atoms with Gasteiger partial charge in [-0.25, -0.2) is 4.39 Å². The van der Waals surface area contributed by atoms with E-state index in [2.05, 4.69) is 60.5 Å². The van der Waals surface area contributed by atoms with Gasteiger partial charge >= 0.3 is 0 Å². The highest BCUT2D eigenvalue weighted by Gasteiger charge is 2.36. The minimum absolute atomic E-state index is 0.128. The zero-order valence-electron chi connectivity index (χ0n) is 12.7. The van der Waals surface area contributed by atoms with Crippen molar-refractivity contribution in [1.82, 2.24) is 5.32 Å². The fourth-order valence-corrected chi connectivity index (χ4v) is 3.61. The van der Waals surface area contributed by atoms with Crippen LogP contribution in [0.5, 0.6) is 0 Å². The lowest BCUT2D eigenvalue weighted by atomic mass is 9.89. The summed E-state index contributed by atoms with van der Waals surface area (Å²) in [6, 6.07) is 5.57. The Morgan fingerprint density at radius 1 is 1.50 bits per heavy atom. The van der Waals surface area contributed by atoms with Gasteiger partial charge in [0.15, 0.2) is 0 Å². The third-order valence-corrected chi connectivity index (χ3v) is 5.29. The molecule has 1 aliphatic heterocycles. The molecule has 0 aromatic heterocycles. The van der Waals surface area contributed by atoms with Gasteiger partial charge in [0.1, 0.15) is 5.82 Å². The first-order valence-corrected chi connectivity index (χ1v) is 8.41. The molecule has 1 heterocycles. The number of hydrogen-bond donors (Lipinski definition) is 1. The molecule has 0 saturated carbocycles. The highest BCUT2D eigenvalue weighted by Crippen LogP contribution is 2.31. The average Bonchev–Trinajstić information content (AvgIpc) is 2.38. The Bertz CT molecular complexity index is 478. The van der Waals surface area contributed by atoms with Gasteiger partial charge in [0.2, 0.25) is 0 Å². The lowest BCUT2D eigenvalue weighted by Crippen LogP contribution is -2.64. The normalized spacial score (nSPS) is 27.1. The van der Waals surface area contributed by atoms with Crippen LogP contribution in [-0.4, -0.2) is 24.7 Å². The first-order chi connectivity index (χ1) is 9.36. The second-order valence-electron chi connectivity index (χ2n) is 6.33. The molecule has 0 aliphatic carbocycles. The van der Waals surface area contributed by atoms with Crippen molar-refractivity contribution in [3.05, 3.63) is 27.6 Å². The van der Waals surface area contributed by atoms with Crippen LogP contribution in [0.1, 0.15) is 34.1 Å². The molecule has 1 aromatic rings. The van der Waals surface area contributed by atoms with Gasteiger partial charge in [-0.05, 0) is 60.1 Å². The quantitative estimate of drug-likeness (QED) is 0.784. The molecule has 2 nitrogen and oxygen atoms in total. The highest BCUT2D eigenvalue weighted by atomic mass is 127. The van der Waals surface area contributed by atoms with E-state index in [1.54, 1.807) is 12.1 Å². The van der Waals surface area contributed by atoms with E-state index in [0.29, 0.717) is 12.0 Å². The lowest BCUT2D eigenvalue weighted by molar-refractivity contribution is 0.252. The SMILES string of the molecule is CCC1(C)CN(c2ccc(F)cc2I)C(C(C)C)CN1. The van der Waals surface area contributed by atoms with Gasteiger partial charge < -0.3 is 10.2 Å². The number of piperazine rings is 1. The molecule has 2 atom stereocenters. The van der Waals surface area contributed by atoms with Crippen molar-refractivity contribution in [1.29, 1.82) is 0 Å². The molecule has 0 amide bonds. The maximum absolute atomic E-state index is 13.4. The summed E-state index contributed by atoms with van der Waals surface area (Å²) in [7, 11) is 0. The Labute approximate surface area is 135 Å². The Morgan fingerprint density at radius 3 is 2.75 bits per heavy atom. The summed E-state index contributed by atoms with van der Waals surface area (Å²) in [5.74, 6) is 0.400. The van der Waals surface area contributed by atoms with Gasteiger partial charge in [0, 0.05) is 28.2 Å². The van der Waals surface area contributed by atoms with Crippen molar-refractivity contribution in [2.24, 2.45) is 5.92 Å². The standard InChI is InChI=1S/C16H24FIN2/c1-5-16(4)10-20(15(9-19-16)11(2)3)14-7-6-12(17)8-13(14)18/h6-8,11,15,19H,5,9-10H2,1-4H3. The van der Waals surface area contributed by atoms with Crippen molar-refractivity contribution in [3.63, 3.8) is 0 Å². The van der Waals surface area contributed by atoms with E-state index in [1.165, 1.54) is 0 Å². The van der Waals surface area contributed by atoms with E-state index in [1.807, 2.05) is 6.07 Å². The van der Waals surface area contributed by atoms with E-state index in [-0.39, 0.29) is 11.4 Å². The van der Waals surface area contributed by atoms with Crippen LogP contribution < -0.4 is 10.2 Å². The van der Waals surface area contributed by atoms with Crippen LogP contribution in [0.4, 0.5) is 10.1 Å². The predicted molar refractivity (Wildman–Crippen MR) is 91.8 cm³/mol. The molecular formula is C16H24FIN2. The van der Waals surface area contributed by atoms with Crippen LogP contribution in [-0.2, 0) is 0 Å². The second kappa shape index (κ2) is 6.18. The van der Waals surface area contributed by atoms with Crippen molar-refractivity contribution in [2.75, 3.05) is 18.0 Å². The molecule has 2 unspecified atom stereocenters. The summed E-state index contributed by atoms with van der Waals surface area (Å²) in [5.41, 5.74) is 1.29. The van der Waals surface area contributed by atoms with Crippen LogP contribution in [0, 0.1) is 15.3 Å². The minimum Gasteiger partial charge on any atom is -0.364 e. The zero-order chi connectivity index (χ0) is 14.9. The van der Waals surface area contributed by atoms with Gasteiger partial charge in [0.05, 0.1) is 5.69 Å². The number of benzene rings is 1. The third kappa shape index (κ3) is 3.27. The summed E-state index contributed by atoms with van der Waals surface area (Å²) in [6.45, 7) is 10.9. The third-order valence-electron chi connectivity index (χ3n) is 4.43. The van der Waals surface area contributed by atoms with Gasteiger partial charge in [0.25, 0.3) is 0 Å². The number of halogens is 2. The molecule has 1 saturated heterocycles.